The number of carboxylic acids is 1. The molecule has 1 aromatic rings. The molecule has 0 aliphatic heterocycles. The number of hydrogen-bond acceptors (Lipinski definition) is 2. The van der Waals surface area contributed by atoms with Crippen LogP contribution < -0.4 is 0 Å². The minimum atomic E-state index is -0.853. The second kappa shape index (κ2) is 5.26. The number of carboxylic acid groups (broad SMARTS) is 1. The fourth-order valence-corrected chi connectivity index (χ4v) is 1.37. The second-order valence-electron chi connectivity index (χ2n) is 3.63. The first-order valence-corrected chi connectivity index (χ1v) is 5.00. The van der Waals surface area contributed by atoms with Gasteiger partial charge in [0.1, 0.15) is 0 Å². The lowest BCUT2D eigenvalue weighted by molar-refractivity contribution is -0.135. The summed E-state index contributed by atoms with van der Waals surface area (Å²) >= 11 is 0. The highest BCUT2D eigenvalue weighted by Gasteiger charge is 2.01. The summed E-state index contributed by atoms with van der Waals surface area (Å²) < 4.78 is 0. The number of carbonyl (C=O) groups is 2. The molecule has 1 aromatic carbocycles. The smallest absolute Gasteiger partial charge is 0.307 e. The Hall–Kier alpha value is -1.90. The van der Waals surface area contributed by atoms with E-state index in [1.54, 1.807) is 18.2 Å². The van der Waals surface area contributed by atoms with E-state index in [-0.39, 0.29) is 12.2 Å². The van der Waals surface area contributed by atoms with E-state index in [1.165, 1.54) is 6.92 Å². The molecule has 16 heavy (non-hydrogen) atoms. The molecule has 0 spiro atoms. The van der Waals surface area contributed by atoms with Crippen molar-refractivity contribution >= 4 is 17.8 Å². The summed E-state index contributed by atoms with van der Waals surface area (Å²) in [6.07, 6.45) is 3.36. The maximum atomic E-state index is 11.1. The number of hydrogen-bond donors (Lipinski definition) is 1. The van der Waals surface area contributed by atoms with Crippen molar-refractivity contribution < 1.29 is 14.7 Å². The van der Waals surface area contributed by atoms with Gasteiger partial charge in [0.05, 0.1) is 6.42 Å². The van der Waals surface area contributed by atoms with Crippen molar-refractivity contribution in [3.05, 3.63) is 41.0 Å². The lowest BCUT2D eigenvalue weighted by Gasteiger charge is -2.02. The average Bonchev–Trinajstić information content (AvgIpc) is 2.19. The van der Waals surface area contributed by atoms with Gasteiger partial charge in [0.2, 0.25) is 0 Å². The summed E-state index contributed by atoms with van der Waals surface area (Å²) in [6, 6.07) is 5.38. The fourth-order valence-electron chi connectivity index (χ4n) is 1.37. The molecule has 0 bridgehead atoms. The summed E-state index contributed by atoms with van der Waals surface area (Å²) in [6.45, 7) is 3.42. The minimum Gasteiger partial charge on any atom is -0.481 e. The Morgan fingerprint density at radius 2 is 2.06 bits per heavy atom. The van der Waals surface area contributed by atoms with Crippen molar-refractivity contribution in [1.29, 1.82) is 0 Å². The van der Waals surface area contributed by atoms with Crippen LogP contribution in [-0.4, -0.2) is 16.9 Å². The molecule has 0 aliphatic rings. The normalized spacial score (nSPS) is 10.6. The first kappa shape index (κ1) is 12.2. The van der Waals surface area contributed by atoms with Crippen LogP contribution in [0.1, 0.15) is 34.8 Å². The van der Waals surface area contributed by atoms with Gasteiger partial charge in [0, 0.05) is 5.56 Å². The number of ketones is 1. The molecule has 84 valence electrons. The molecule has 1 rings (SSSR count). The third-order valence-electron chi connectivity index (χ3n) is 2.27. The summed E-state index contributed by atoms with van der Waals surface area (Å²) in [5.74, 6) is -0.821. The maximum absolute atomic E-state index is 11.1. The molecule has 0 unspecified atom stereocenters. The second-order valence-corrected chi connectivity index (χ2v) is 3.63. The average molecular weight is 218 g/mol. The Balaban J connectivity index is 2.87. The van der Waals surface area contributed by atoms with Gasteiger partial charge in [-0.1, -0.05) is 24.3 Å². The lowest BCUT2D eigenvalue weighted by atomic mass is 10.0. The lowest BCUT2D eigenvalue weighted by Crippen LogP contribution is -1.94. The van der Waals surface area contributed by atoms with Gasteiger partial charge in [-0.05, 0) is 31.0 Å². The molecular formula is C13H14O3. The first-order valence-electron chi connectivity index (χ1n) is 5.00. The number of carbonyl (C=O) groups excluding carboxylic acids is 1. The van der Waals surface area contributed by atoms with Crippen LogP contribution in [0, 0.1) is 6.92 Å². The summed E-state index contributed by atoms with van der Waals surface area (Å²) in [5.41, 5.74) is 2.58. The van der Waals surface area contributed by atoms with Crippen LogP contribution in [0.4, 0.5) is 0 Å². The van der Waals surface area contributed by atoms with Crippen LogP contribution in [0.25, 0.3) is 6.08 Å². The quantitative estimate of drug-likeness (QED) is 0.790. The minimum absolute atomic E-state index is 0.00784. The Bertz CT molecular complexity index is 444. The number of aliphatic carboxylic acids is 1. The van der Waals surface area contributed by atoms with E-state index < -0.39 is 5.97 Å². The van der Waals surface area contributed by atoms with Gasteiger partial charge in [-0.3, -0.25) is 9.59 Å². The highest BCUT2D eigenvalue weighted by Crippen LogP contribution is 2.13. The Morgan fingerprint density at radius 1 is 1.38 bits per heavy atom. The van der Waals surface area contributed by atoms with Gasteiger partial charge in [-0.15, -0.1) is 0 Å². The van der Waals surface area contributed by atoms with E-state index in [9.17, 15) is 9.59 Å². The van der Waals surface area contributed by atoms with Crippen LogP contribution in [0.2, 0.25) is 0 Å². The summed E-state index contributed by atoms with van der Waals surface area (Å²) in [4.78, 5) is 21.4. The topological polar surface area (TPSA) is 54.4 Å². The predicted octanol–water partition coefficient (Wildman–Crippen LogP) is 2.69. The molecule has 0 heterocycles. The molecule has 0 saturated carbocycles. The monoisotopic (exact) mass is 218 g/mol. The van der Waals surface area contributed by atoms with Crippen molar-refractivity contribution in [3.8, 4) is 0 Å². The highest BCUT2D eigenvalue weighted by molar-refractivity contribution is 5.94. The van der Waals surface area contributed by atoms with Crippen molar-refractivity contribution in [2.24, 2.45) is 0 Å². The summed E-state index contributed by atoms with van der Waals surface area (Å²) in [7, 11) is 0. The van der Waals surface area contributed by atoms with E-state index in [4.69, 9.17) is 5.11 Å². The standard InChI is InChI=1S/C13H14O3/c1-9-8-12(10(2)14)7-6-11(9)4-3-5-13(15)16/h3-4,6-8H,5H2,1-2H3,(H,15,16). The molecule has 0 saturated heterocycles. The largest absolute Gasteiger partial charge is 0.481 e. The van der Waals surface area contributed by atoms with Crippen molar-refractivity contribution in [2.45, 2.75) is 20.3 Å². The Labute approximate surface area is 94.4 Å². The van der Waals surface area contributed by atoms with Gasteiger partial charge in [-0.2, -0.15) is 0 Å². The van der Waals surface area contributed by atoms with E-state index in [2.05, 4.69) is 0 Å². The number of aryl methyl sites for hydroxylation is 1. The number of benzene rings is 1. The Kier molecular flexibility index (Phi) is 4.00. The van der Waals surface area contributed by atoms with E-state index in [0.29, 0.717) is 5.56 Å². The van der Waals surface area contributed by atoms with Gasteiger partial charge in [0.15, 0.2) is 5.78 Å². The maximum Gasteiger partial charge on any atom is 0.307 e. The van der Waals surface area contributed by atoms with Crippen LogP contribution in [-0.2, 0) is 4.79 Å². The zero-order chi connectivity index (χ0) is 12.1. The van der Waals surface area contributed by atoms with Gasteiger partial charge in [0.25, 0.3) is 0 Å². The van der Waals surface area contributed by atoms with Crippen molar-refractivity contribution in [2.75, 3.05) is 0 Å². The molecule has 1 N–H and O–H groups in total. The first-order chi connectivity index (χ1) is 7.50. The molecule has 3 heteroatoms. The van der Waals surface area contributed by atoms with E-state index >= 15 is 0 Å². The van der Waals surface area contributed by atoms with Crippen LogP contribution in [0.3, 0.4) is 0 Å². The third kappa shape index (κ3) is 3.35. The number of Topliss-reactive ketones (excluding diaryl/α,β-unsaturated/α-hetero) is 1. The fraction of sp³-hybridized carbons (Fsp3) is 0.231. The van der Waals surface area contributed by atoms with E-state index in [0.717, 1.165) is 11.1 Å². The van der Waals surface area contributed by atoms with Gasteiger partial charge >= 0.3 is 5.97 Å². The Morgan fingerprint density at radius 3 is 2.56 bits per heavy atom. The third-order valence-corrected chi connectivity index (χ3v) is 2.27. The predicted molar refractivity (Wildman–Crippen MR) is 62.5 cm³/mol. The summed E-state index contributed by atoms with van der Waals surface area (Å²) in [5, 5.41) is 8.48. The molecule has 0 radical (unpaired) electrons. The van der Waals surface area contributed by atoms with Crippen LogP contribution in [0.15, 0.2) is 24.3 Å². The van der Waals surface area contributed by atoms with Gasteiger partial charge in [-0.25, -0.2) is 0 Å². The molecule has 0 fully saturated rings. The molecule has 3 nitrogen and oxygen atoms in total. The highest BCUT2D eigenvalue weighted by atomic mass is 16.4. The number of rotatable bonds is 4. The SMILES string of the molecule is CC(=O)c1ccc(C=CCC(=O)O)c(C)c1. The molecule has 0 aromatic heterocycles. The molecular weight excluding hydrogens is 204 g/mol. The zero-order valence-electron chi connectivity index (χ0n) is 9.36. The van der Waals surface area contributed by atoms with Gasteiger partial charge < -0.3 is 5.11 Å². The molecule has 0 atom stereocenters. The zero-order valence-corrected chi connectivity index (χ0v) is 9.36. The van der Waals surface area contributed by atoms with Crippen LogP contribution in [0.5, 0.6) is 0 Å². The van der Waals surface area contributed by atoms with Crippen molar-refractivity contribution in [3.63, 3.8) is 0 Å². The molecule has 0 amide bonds. The molecule has 0 aliphatic carbocycles. The van der Waals surface area contributed by atoms with Crippen LogP contribution >= 0.6 is 0 Å². The van der Waals surface area contributed by atoms with Crippen molar-refractivity contribution in [1.82, 2.24) is 0 Å². The van der Waals surface area contributed by atoms with E-state index in [1.807, 2.05) is 19.1 Å².